The Morgan fingerprint density at radius 3 is 2.38 bits per heavy atom. The number of hydrogen-bond donors (Lipinski definition) is 2. The van der Waals surface area contributed by atoms with Gasteiger partial charge in [-0.25, -0.2) is 9.67 Å². The predicted octanol–water partition coefficient (Wildman–Crippen LogP) is 3.52. The molecule has 0 atom stereocenters. The van der Waals surface area contributed by atoms with E-state index < -0.39 is 0 Å². The molecule has 0 saturated carbocycles. The summed E-state index contributed by atoms with van der Waals surface area (Å²) in [6.07, 6.45) is 0. The van der Waals surface area contributed by atoms with Crippen molar-refractivity contribution in [2.75, 3.05) is 5.32 Å². The zero-order valence-electron chi connectivity index (χ0n) is 15.0. The summed E-state index contributed by atoms with van der Waals surface area (Å²) >= 11 is 1.39. The first kappa shape index (κ1) is 20.6. The Kier molecular flexibility index (Phi) is 6.19. The summed E-state index contributed by atoms with van der Waals surface area (Å²) < 4.78 is 1.85. The van der Waals surface area contributed by atoms with Gasteiger partial charge in [-0.1, -0.05) is 20.8 Å². The van der Waals surface area contributed by atoms with Crippen LogP contribution >= 0.6 is 23.7 Å². The molecule has 2 aromatic heterocycles. The standard InChI is InChI=1S/C16H25N5OS.ClH/c1-15(2,3)11-7-12(21(20-11)16(4,5)6)19-14(22)10-9-23-13(8-17)18-10;/h7,9H,8,17H2,1-6H3,(H,19,22);1H. The van der Waals surface area contributed by atoms with Crippen LogP contribution in [0.2, 0.25) is 0 Å². The molecule has 0 saturated heterocycles. The van der Waals surface area contributed by atoms with Gasteiger partial charge in [0.15, 0.2) is 0 Å². The van der Waals surface area contributed by atoms with Crippen molar-refractivity contribution >= 4 is 35.5 Å². The lowest BCUT2D eigenvalue weighted by Crippen LogP contribution is -2.27. The summed E-state index contributed by atoms with van der Waals surface area (Å²) in [5.74, 6) is 0.432. The third-order valence-corrected chi connectivity index (χ3v) is 4.18. The first-order valence-corrected chi connectivity index (χ1v) is 8.47. The molecule has 8 heteroatoms. The van der Waals surface area contributed by atoms with Gasteiger partial charge < -0.3 is 11.1 Å². The van der Waals surface area contributed by atoms with Crippen LogP contribution in [0, 0.1) is 0 Å². The van der Waals surface area contributed by atoms with E-state index in [1.807, 2.05) is 10.7 Å². The largest absolute Gasteiger partial charge is 0.325 e. The number of halogens is 1. The van der Waals surface area contributed by atoms with Crippen molar-refractivity contribution in [2.45, 2.75) is 59.0 Å². The molecule has 0 spiro atoms. The summed E-state index contributed by atoms with van der Waals surface area (Å²) in [7, 11) is 0. The molecule has 1 amide bonds. The molecule has 0 radical (unpaired) electrons. The molecule has 0 bridgehead atoms. The van der Waals surface area contributed by atoms with Crippen LogP contribution in [0.5, 0.6) is 0 Å². The van der Waals surface area contributed by atoms with Crippen LogP contribution in [0.4, 0.5) is 5.82 Å². The highest BCUT2D eigenvalue weighted by Crippen LogP contribution is 2.28. The highest BCUT2D eigenvalue weighted by Gasteiger charge is 2.26. The fraction of sp³-hybridized carbons (Fsp3) is 0.562. The molecule has 0 fully saturated rings. The second-order valence-corrected chi connectivity index (χ2v) is 8.47. The molecule has 6 nitrogen and oxygen atoms in total. The minimum Gasteiger partial charge on any atom is -0.325 e. The molecule has 0 aliphatic carbocycles. The molecule has 0 unspecified atom stereocenters. The lowest BCUT2D eigenvalue weighted by atomic mass is 9.92. The van der Waals surface area contributed by atoms with Crippen LogP contribution in [0.1, 0.15) is 62.7 Å². The zero-order valence-corrected chi connectivity index (χ0v) is 16.6. The molecule has 2 aromatic rings. The highest BCUT2D eigenvalue weighted by atomic mass is 35.5. The van der Waals surface area contributed by atoms with E-state index in [4.69, 9.17) is 5.73 Å². The minimum absolute atomic E-state index is 0. The first-order valence-electron chi connectivity index (χ1n) is 7.59. The number of nitrogens with one attached hydrogen (secondary N) is 1. The summed E-state index contributed by atoms with van der Waals surface area (Å²) in [5, 5.41) is 10.1. The number of anilines is 1. The van der Waals surface area contributed by atoms with Crippen LogP contribution in [-0.2, 0) is 17.5 Å². The quantitative estimate of drug-likeness (QED) is 0.864. The lowest BCUT2D eigenvalue weighted by Gasteiger charge is -2.22. The van der Waals surface area contributed by atoms with E-state index in [2.05, 4.69) is 56.9 Å². The van der Waals surface area contributed by atoms with Crippen molar-refractivity contribution in [1.29, 1.82) is 0 Å². The molecular weight excluding hydrogens is 346 g/mol. The minimum atomic E-state index is -0.244. The predicted molar refractivity (Wildman–Crippen MR) is 101 cm³/mol. The van der Waals surface area contributed by atoms with Gasteiger partial charge in [0.25, 0.3) is 5.91 Å². The van der Waals surface area contributed by atoms with Crippen molar-refractivity contribution in [1.82, 2.24) is 14.8 Å². The maximum atomic E-state index is 12.4. The number of rotatable bonds is 3. The second kappa shape index (κ2) is 7.21. The highest BCUT2D eigenvalue weighted by molar-refractivity contribution is 7.09. The summed E-state index contributed by atoms with van der Waals surface area (Å²) in [6, 6.07) is 1.93. The van der Waals surface area contributed by atoms with E-state index in [-0.39, 0.29) is 29.3 Å². The van der Waals surface area contributed by atoms with E-state index in [1.165, 1.54) is 11.3 Å². The summed E-state index contributed by atoms with van der Waals surface area (Å²) in [4.78, 5) is 16.7. The zero-order chi connectivity index (χ0) is 17.4. The van der Waals surface area contributed by atoms with E-state index in [0.717, 1.165) is 10.7 Å². The number of aromatic nitrogens is 3. The van der Waals surface area contributed by atoms with Gasteiger partial charge in [-0.3, -0.25) is 4.79 Å². The number of amides is 1. The van der Waals surface area contributed by atoms with Gasteiger partial charge in [-0.15, -0.1) is 23.7 Å². The number of nitrogens with two attached hydrogens (primary N) is 1. The van der Waals surface area contributed by atoms with Crippen molar-refractivity contribution in [3.8, 4) is 0 Å². The Morgan fingerprint density at radius 2 is 1.92 bits per heavy atom. The Labute approximate surface area is 153 Å². The van der Waals surface area contributed by atoms with Crippen LogP contribution in [0.15, 0.2) is 11.4 Å². The smallest absolute Gasteiger partial charge is 0.276 e. The van der Waals surface area contributed by atoms with Crippen molar-refractivity contribution in [3.05, 3.63) is 27.8 Å². The monoisotopic (exact) mass is 371 g/mol. The molecule has 0 aliphatic heterocycles. The number of hydrogen-bond acceptors (Lipinski definition) is 5. The molecule has 134 valence electrons. The van der Waals surface area contributed by atoms with Gasteiger partial charge in [0.1, 0.15) is 16.5 Å². The topological polar surface area (TPSA) is 85.8 Å². The number of nitrogens with zero attached hydrogens (tertiary/aromatic N) is 3. The van der Waals surface area contributed by atoms with Crippen LogP contribution in [-0.4, -0.2) is 20.7 Å². The first-order chi connectivity index (χ1) is 10.5. The normalized spacial score (nSPS) is 12.0. The van der Waals surface area contributed by atoms with Gasteiger partial charge in [0.05, 0.1) is 11.2 Å². The van der Waals surface area contributed by atoms with Crippen LogP contribution in [0.25, 0.3) is 0 Å². The second-order valence-electron chi connectivity index (χ2n) is 7.53. The Hall–Kier alpha value is -1.44. The van der Waals surface area contributed by atoms with E-state index in [9.17, 15) is 4.79 Å². The summed E-state index contributed by atoms with van der Waals surface area (Å²) in [6.45, 7) is 12.8. The van der Waals surface area contributed by atoms with Gasteiger partial charge in [-0.2, -0.15) is 5.10 Å². The van der Waals surface area contributed by atoms with Gasteiger partial charge in [0.2, 0.25) is 0 Å². The third kappa shape index (κ3) is 4.55. The molecule has 0 aromatic carbocycles. The van der Waals surface area contributed by atoms with E-state index in [1.54, 1.807) is 5.38 Å². The van der Waals surface area contributed by atoms with Crippen LogP contribution in [0.3, 0.4) is 0 Å². The molecule has 2 rings (SSSR count). The molecule has 24 heavy (non-hydrogen) atoms. The van der Waals surface area contributed by atoms with E-state index >= 15 is 0 Å². The fourth-order valence-electron chi connectivity index (χ4n) is 2.04. The van der Waals surface area contributed by atoms with Gasteiger partial charge in [-0.05, 0) is 20.8 Å². The SMILES string of the molecule is CC(C)(C)c1cc(NC(=O)c2csc(CN)n2)n(C(C)(C)C)n1.Cl. The third-order valence-electron chi connectivity index (χ3n) is 3.31. The van der Waals surface area contributed by atoms with Crippen molar-refractivity contribution in [2.24, 2.45) is 5.73 Å². The molecule has 2 heterocycles. The summed E-state index contributed by atoms with van der Waals surface area (Å²) in [5.41, 5.74) is 6.53. The number of carbonyl (C=O) groups is 1. The average molecular weight is 372 g/mol. The van der Waals surface area contributed by atoms with Crippen LogP contribution < -0.4 is 11.1 Å². The average Bonchev–Trinajstić information content (AvgIpc) is 3.03. The fourth-order valence-corrected chi connectivity index (χ4v) is 2.69. The Balaban J connectivity index is 0.00000288. The molecule has 0 aliphatic rings. The van der Waals surface area contributed by atoms with E-state index in [0.29, 0.717) is 18.1 Å². The van der Waals surface area contributed by atoms with Gasteiger partial charge >= 0.3 is 0 Å². The molecule has 3 N–H and O–H groups in total. The Morgan fingerprint density at radius 1 is 1.29 bits per heavy atom. The molecular formula is C16H26ClN5OS. The lowest BCUT2D eigenvalue weighted by molar-refractivity contribution is 0.102. The maximum Gasteiger partial charge on any atom is 0.276 e. The number of carbonyl (C=O) groups excluding carboxylic acids is 1. The maximum absolute atomic E-state index is 12.4. The van der Waals surface area contributed by atoms with Crippen molar-refractivity contribution in [3.63, 3.8) is 0 Å². The Bertz CT molecular complexity index is 709. The van der Waals surface area contributed by atoms with Crippen molar-refractivity contribution < 1.29 is 4.79 Å². The van der Waals surface area contributed by atoms with Gasteiger partial charge in [0, 0.05) is 23.4 Å². The number of thiazole rings is 1.